The molecule has 0 heterocycles. The Morgan fingerprint density at radius 3 is 1.27 bits per heavy atom. The van der Waals surface area contributed by atoms with E-state index >= 15 is 0 Å². The zero-order chi connectivity index (χ0) is 37.1. The molecule has 5 nitrogen and oxygen atoms in total. The molecule has 0 aliphatic rings. The zero-order valence-electron chi connectivity index (χ0n) is 33.1. The maximum absolute atomic E-state index is 12.2. The van der Waals surface area contributed by atoms with Gasteiger partial charge >= 0.3 is 11.9 Å². The van der Waals surface area contributed by atoms with Gasteiger partial charge in [0, 0.05) is 12.8 Å². The van der Waals surface area contributed by atoms with E-state index in [0.29, 0.717) is 12.8 Å². The van der Waals surface area contributed by atoms with Crippen LogP contribution in [0.2, 0.25) is 0 Å². The number of rotatable bonds is 37. The molecule has 0 radical (unpaired) electrons. The molecule has 0 bridgehead atoms. The van der Waals surface area contributed by atoms with Crippen molar-refractivity contribution in [2.75, 3.05) is 13.2 Å². The number of hydrogen-bond acceptors (Lipinski definition) is 5. The molecule has 51 heavy (non-hydrogen) atoms. The highest BCUT2D eigenvalue weighted by Crippen LogP contribution is 2.13. The average Bonchev–Trinajstić information content (AvgIpc) is 3.13. The van der Waals surface area contributed by atoms with Crippen LogP contribution < -0.4 is 0 Å². The Balaban J connectivity index is 3.60. The van der Waals surface area contributed by atoms with Crippen molar-refractivity contribution in [3.8, 4) is 0 Å². The highest BCUT2D eigenvalue weighted by Gasteiger charge is 2.16. The maximum atomic E-state index is 12.2. The molecule has 0 spiro atoms. The number of carbonyl (C=O) groups excluding carboxylic acids is 2. The second kappa shape index (κ2) is 41.8. The number of allylic oxidation sites excluding steroid dienone is 12. The normalized spacial score (nSPS) is 12.9. The van der Waals surface area contributed by atoms with E-state index in [1.165, 1.54) is 77.0 Å². The van der Waals surface area contributed by atoms with Crippen molar-refractivity contribution in [1.82, 2.24) is 0 Å². The number of esters is 2. The number of aliphatic hydroxyl groups is 1. The van der Waals surface area contributed by atoms with Gasteiger partial charge in [-0.25, -0.2) is 0 Å². The van der Waals surface area contributed by atoms with Gasteiger partial charge in [-0.2, -0.15) is 0 Å². The highest BCUT2D eigenvalue weighted by molar-refractivity contribution is 5.70. The first-order valence-electron chi connectivity index (χ1n) is 21.0. The highest BCUT2D eigenvalue weighted by atomic mass is 16.6. The summed E-state index contributed by atoms with van der Waals surface area (Å²) in [5, 5.41) is 9.57. The summed E-state index contributed by atoms with van der Waals surface area (Å²) < 4.78 is 10.6. The third-order valence-corrected chi connectivity index (χ3v) is 8.73. The standard InChI is InChI=1S/C46H78O5/c1-3-5-7-9-11-13-15-17-19-21-22-23-24-25-27-29-31-33-35-37-39-41-46(49)51-44(42-47)43-50-45(48)40-38-36-34-32-30-28-26-20-18-16-14-12-10-8-6-4-2/h5,7,11,13-14,16-17,19-20,22-23,26,44,47H,3-4,6,8-10,12,15,18,21,24-25,27-43H2,1-2H3/b7-5-,13-11-,16-14-,19-17-,23-22-,26-20-. The first-order chi connectivity index (χ1) is 25.1. The summed E-state index contributed by atoms with van der Waals surface area (Å²) in [7, 11) is 0. The lowest BCUT2D eigenvalue weighted by Gasteiger charge is -2.15. The predicted octanol–water partition coefficient (Wildman–Crippen LogP) is 13.3. The number of unbranched alkanes of at least 4 members (excludes halogenated alkanes) is 17. The molecule has 0 fully saturated rings. The Kier molecular flexibility index (Phi) is 39.6. The minimum absolute atomic E-state index is 0.0796. The SMILES string of the molecule is CC/C=C\C/C=C\C/C=C\C/C=C\CCCCCCCCCCC(=O)OC(CO)COC(=O)CCCCCCC/C=C\C/C=C\CCCCCC. The van der Waals surface area contributed by atoms with Crippen molar-refractivity contribution in [3.05, 3.63) is 72.9 Å². The molecule has 1 atom stereocenters. The van der Waals surface area contributed by atoms with Gasteiger partial charge in [-0.15, -0.1) is 0 Å². The number of aliphatic hydroxyl groups excluding tert-OH is 1. The number of carbonyl (C=O) groups is 2. The second-order valence-electron chi connectivity index (χ2n) is 13.7. The van der Waals surface area contributed by atoms with Gasteiger partial charge in [-0.05, 0) is 83.5 Å². The van der Waals surface area contributed by atoms with E-state index < -0.39 is 6.10 Å². The lowest BCUT2D eigenvalue weighted by Crippen LogP contribution is -2.28. The van der Waals surface area contributed by atoms with Crippen LogP contribution in [-0.4, -0.2) is 36.4 Å². The van der Waals surface area contributed by atoms with Crippen LogP contribution in [0.25, 0.3) is 0 Å². The second-order valence-corrected chi connectivity index (χ2v) is 13.7. The van der Waals surface area contributed by atoms with Crippen LogP contribution >= 0.6 is 0 Å². The minimum atomic E-state index is -0.785. The van der Waals surface area contributed by atoms with Crippen molar-refractivity contribution in [1.29, 1.82) is 0 Å². The molecule has 1 unspecified atom stereocenters. The van der Waals surface area contributed by atoms with Crippen molar-refractivity contribution < 1.29 is 24.2 Å². The Labute approximate surface area is 314 Å². The average molecular weight is 711 g/mol. The minimum Gasteiger partial charge on any atom is -0.462 e. The van der Waals surface area contributed by atoms with Crippen molar-refractivity contribution in [2.45, 2.75) is 193 Å². The quantitative estimate of drug-likeness (QED) is 0.0395. The lowest BCUT2D eigenvalue weighted by atomic mass is 10.1. The molecule has 0 aliphatic heterocycles. The van der Waals surface area contributed by atoms with Crippen LogP contribution in [0.1, 0.15) is 187 Å². The Morgan fingerprint density at radius 1 is 0.471 bits per heavy atom. The predicted molar refractivity (Wildman–Crippen MR) is 219 cm³/mol. The maximum Gasteiger partial charge on any atom is 0.306 e. The van der Waals surface area contributed by atoms with Crippen LogP contribution in [0.15, 0.2) is 72.9 Å². The van der Waals surface area contributed by atoms with Gasteiger partial charge in [0.05, 0.1) is 6.61 Å². The van der Waals surface area contributed by atoms with E-state index in [2.05, 4.69) is 86.8 Å². The van der Waals surface area contributed by atoms with Crippen LogP contribution in [-0.2, 0) is 19.1 Å². The van der Waals surface area contributed by atoms with Crippen LogP contribution in [0.4, 0.5) is 0 Å². The molecule has 0 aromatic heterocycles. The molecule has 5 heteroatoms. The van der Waals surface area contributed by atoms with Crippen LogP contribution in [0, 0.1) is 0 Å². The summed E-state index contributed by atoms with van der Waals surface area (Å²) in [6, 6.07) is 0. The van der Waals surface area contributed by atoms with E-state index in [0.717, 1.165) is 83.5 Å². The summed E-state index contributed by atoms with van der Waals surface area (Å²) in [6.07, 6.45) is 55.3. The summed E-state index contributed by atoms with van der Waals surface area (Å²) in [4.78, 5) is 24.3. The van der Waals surface area contributed by atoms with Gasteiger partial charge in [-0.3, -0.25) is 9.59 Å². The van der Waals surface area contributed by atoms with Gasteiger partial charge in [0.1, 0.15) is 6.61 Å². The third kappa shape index (κ3) is 40.0. The van der Waals surface area contributed by atoms with Crippen molar-refractivity contribution >= 4 is 11.9 Å². The first kappa shape index (κ1) is 48.3. The molecule has 0 saturated heterocycles. The smallest absolute Gasteiger partial charge is 0.306 e. The monoisotopic (exact) mass is 711 g/mol. The molecule has 0 aromatic carbocycles. The van der Waals surface area contributed by atoms with E-state index in [-0.39, 0.29) is 25.2 Å². The van der Waals surface area contributed by atoms with E-state index in [9.17, 15) is 14.7 Å². The lowest BCUT2D eigenvalue weighted by molar-refractivity contribution is -0.161. The molecule has 0 aromatic rings. The fourth-order valence-electron chi connectivity index (χ4n) is 5.57. The van der Waals surface area contributed by atoms with Crippen LogP contribution in [0.3, 0.4) is 0 Å². The van der Waals surface area contributed by atoms with Crippen molar-refractivity contribution in [2.24, 2.45) is 0 Å². The van der Waals surface area contributed by atoms with Gasteiger partial charge in [-0.1, -0.05) is 164 Å². The van der Waals surface area contributed by atoms with Gasteiger partial charge in [0.25, 0.3) is 0 Å². The Morgan fingerprint density at radius 2 is 0.843 bits per heavy atom. The topological polar surface area (TPSA) is 72.8 Å². The van der Waals surface area contributed by atoms with Gasteiger partial charge in [0.2, 0.25) is 0 Å². The summed E-state index contributed by atoms with van der Waals surface area (Å²) in [5.74, 6) is -0.620. The fourth-order valence-corrected chi connectivity index (χ4v) is 5.57. The van der Waals surface area contributed by atoms with Crippen LogP contribution in [0.5, 0.6) is 0 Å². The first-order valence-corrected chi connectivity index (χ1v) is 21.0. The largest absolute Gasteiger partial charge is 0.462 e. The summed E-state index contributed by atoms with van der Waals surface area (Å²) in [5.41, 5.74) is 0. The van der Waals surface area contributed by atoms with E-state index in [4.69, 9.17) is 9.47 Å². The van der Waals surface area contributed by atoms with Gasteiger partial charge in [0.15, 0.2) is 6.10 Å². The molecule has 0 saturated carbocycles. The van der Waals surface area contributed by atoms with E-state index in [1.54, 1.807) is 0 Å². The van der Waals surface area contributed by atoms with Gasteiger partial charge < -0.3 is 14.6 Å². The summed E-state index contributed by atoms with van der Waals surface area (Å²) in [6.45, 7) is 3.98. The Hall–Kier alpha value is -2.66. The Bertz CT molecular complexity index is 941. The summed E-state index contributed by atoms with van der Waals surface area (Å²) >= 11 is 0. The molecule has 1 N–H and O–H groups in total. The molecule has 0 amide bonds. The zero-order valence-corrected chi connectivity index (χ0v) is 33.1. The molecule has 0 aliphatic carbocycles. The molecular weight excluding hydrogens is 633 g/mol. The van der Waals surface area contributed by atoms with Crippen molar-refractivity contribution in [3.63, 3.8) is 0 Å². The number of ether oxygens (including phenoxy) is 2. The molecule has 0 rings (SSSR count). The molecular formula is C46H78O5. The van der Waals surface area contributed by atoms with E-state index in [1.807, 2.05) is 0 Å². The fraction of sp³-hybridized carbons (Fsp3) is 0.696. The molecule has 292 valence electrons. The third-order valence-electron chi connectivity index (χ3n) is 8.73. The number of hydrogen-bond donors (Lipinski definition) is 1.